The lowest BCUT2D eigenvalue weighted by Crippen LogP contribution is -2.24. The third-order valence-corrected chi connectivity index (χ3v) is 5.79. The summed E-state index contributed by atoms with van der Waals surface area (Å²) in [5, 5.41) is 5.88. The first-order valence-electron chi connectivity index (χ1n) is 8.16. The van der Waals surface area contributed by atoms with Crippen molar-refractivity contribution in [2.75, 3.05) is 16.4 Å². The van der Waals surface area contributed by atoms with Gasteiger partial charge in [0, 0.05) is 5.69 Å². The van der Waals surface area contributed by atoms with Crippen LogP contribution in [-0.4, -0.2) is 27.8 Å². The average molecular weight is 386 g/mol. The molecule has 0 saturated carbocycles. The van der Waals surface area contributed by atoms with Gasteiger partial charge in [-0.25, -0.2) is 4.98 Å². The van der Waals surface area contributed by atoms with Crippen LogP contribution >= 0.6 is 23.1 Å². The van der Waals surface area contributed by atoms with Gasteiger partial charge in [-0.05, 0) is 38.1 Å². The van der Waals surface area contributed by atoms with Crippen molar-refractivity contribution in [2.24, 2.45) is 0 Å². The SMILES string of the molecule is Cc1ccc(NC(=O)CS[C@@H](C)C(=O)Nc2nc3ccccc3s2)cc1. The second kappa shape index (κ2) is 8.33. The number of carbonyl (C=O) groups excluding carboxylic acids is 2. The fourth-order valence-corrected chi connectivity index (χ4v) is 3.80. The van der Waals surface area contributed by atoms with E-state index in [9.17, 15) is 9.59 Å². The van der Waals surface area contributed by atoms with Crippen molar-refractivity contribution < 1.29 is 9.59 Å². The van der Waals surface area contributed by atoms with Crippen LogP contribution in [0.25, 0.3) is 10.2 Å². The van der Waals surface area contributed by atoms with Crippen molar-refractivity contribution >= 4 is 55.9 Å². The summed E-state index contributed by atoms with van der Waals surface area (Å²) < 4.78 is 1.03. The Morgan fingerprint density at radius 3 is 2.58 bits per heavy atom. The molecule has 0 aliphatic heterocycles. The third kappa shape index (κ3) is 4.83. The molecule has 0 radical (unpaired) electrons. The minimum absolute atomic E-state index is 0.126. The number of hydrogen-bond acceptors (Lipinski definition) is 5. The van der Waals surface area contributed by atoms with Gasteiger partial charge in [0.15, 0.2) is 5.13 Å². The zero-order chi connectivity index (χ0) is 18.5. The van der Waals surface area contributed by atoms with Crippen molar-refractivity contribution in [3.63, 3.8) is 0 Å². The number of aromatic nitrogens is 1. The smallest absolute Gasteiger partial charge is 0.239 e. The number of anilines is 2. The van der Waals surface area contributed by atoms with Crippen molar-refractivity contribution in [2.45, 2.75) is 19.1 Å². The van der Waals surface area contributed by atoms with E-state index in [-0.39, 0.29) is 22.8 Å². The summed E-state index contributed by atoms with van der Waals surface area (Å²) in [7, 11) is 0. The second-order valence-electron chi connectivity index (χ2n) is 5.84. The Bertz CT molecular complexity index is 889. The lowest BCUT2D eigenvalue weighted by atomic mass is 10.2. The van der Waals surface area contributed by atoms with Crippen LogP contribution in [-0.2, 0) is 9.59 Å². The highest BCUT2D eigenvalue weighted by Gasteiger charge is 2.17. The number of carbonyl (C=O) groups is 2. The highest BCUT2D eigenvalue weighted by atomic mass is 32.2. The number of thioether (sulfide) groups is 1. The van der Waals surface area contributed by atoms with Gasteiger partial charge in [0.1, 0.15) is 0 Å². The number of fused-ring (bicyclic) bond motifs is 1. The van der Waals surface area contributed by atoms with Crippen molar-refractivity contribution in [1.82, 2.24) is 4.98 Å². The number of aryl methyl sites for hydroxylation is 1. The van der Waals surface area contributed by atoms with E-state index in [1.165, 1.54) is 23.1 Å². The van der Waals surface area contributed by atoms with Gasteiger partial charge in [-0.2, -0.15) is 0 Å². The van der Waals surface area contributed by atoms with E-state index < -0.39 is 0 Å². The van der Waals surface area contributed by atoms with E-state index in [4.69, 9.17) is 0 Å². The van der Waals surface area contributed by atoms with Gasteiger partial charge in [0.25, 0.3) is 0 Å². The molecule has 0 unspecified atom stereocenters. The predicted molar refractivity (Wildman–Crippen MR) is 110 cm³/mol. The highest BCUT2D eigenvalue weighted by Crippen LogP contribution is 2.26. The number of para-hydroxylation sites is 1. The summed E-state index contributed by atoms with van der Waals surface area (Å²) in [6, 6.07) is 15.3. The molecule has 26 heavy (non-hydrogen) atoms. The van der Waals surface area contributed by atoms with Gasteiger partial charge in [0.2, 0.25) is 11.8 Å². The molecule has 7 heteroatoms. The number of hydrogen-bond donors (Lipinski definition) is 2. The van der Waals surface area contributed by atoms with Gasteiger partial charge in [-0.1, -0.05) is 41.2 Å². The number of nitrogens with zero attached hydrogens (tertiary/aromatic N) is 1. The molecule has 0 bridgehead atoms. The molecule has 1 heterocycles. The zero-order valence-corrected chi connectivity index (χ0v) is 16.1. The molecule has 3 rings (SSSR count). The molecule has 134 valence electrons. The minimum Gasteiger partial charge on any atom is -0.325 e. The van der Waals surface area contributed by atoms with Gasteiger partial charge in [-0.15, -0.1) is 11.8 Å². The van der Waals surface area contributed by atoms with Crippen molar-refractivity contribution in [1.29, 1.82) is 0 Å². The van der Waals surface area contributed by atoms with Gasteiger partial charge < -0.3 is 10.6 Å². The Morgan fingerprint density at radius 2 is 1.85 bits per heavy atom. The summed E-state index contributed by atoms with van der Waals surface area (Å²) in [6.45, 7) is 3.78. The van der Waals surface area contributed by atoms with Crippen LogP contribution < -0.4 is 10.6 Å². The molecule has 2 amide bonds. The zero-order valence-electron chi connectivity index (χ0n) is 14.5. The molecule has 2 aromatic carbocycles. The summed E-state index contributed by atoms with van der Waals surface area (Å²) in [4.78, 5) is 28.7. The normalized spacial score (nSPS) is 11.9. The summed E-state index contributed by atoms with van der Waals surface area (Å²) >= 11 is 2.73. The van der Waals surface area contributed by atoms with Crippen LogP contribution in [0.3, 0.4) is 0 Å². The Balaban J connectivity index is 1.49. The average Bonchev–Trinajstić information content (AvgIpc) is 3.03. The fraction of sp³-hybridized carbons (Fsp3) is 0.211. The minimum atomic E-state index is -0.356. The number of benzene rings is 2. The Hall–Kier alpha value is -2.38. The maximum Gasteiger partial charge on any atom is 0.239 e. The van der Waals surface area contributed by atoms with Crippen LogP contribution in [0.5, 0.6) is 0 Å². The van der Waals surface area contributed by atoms with Crippen LogP contribution in [0, 0.1) is 6.92 Å². The Kier molecular flexibility index (Phi) is 5.90. The number of rotatable bonds is 6. The molecule has 5 nitrogen and oxygen atoms in total. The van der Waals surface area contributed by atoms with E-state index in [1.807, 2.05) is 55.5 Å². The maximum absolute atomic E-state index is 12.3. The molecule has 1 aromatic heterocycles. The molecule has 3 aromatic rings. The molecular formula is C19H19N3O2S2. The Morgan fingerprint density at radius 1 is 1.12 bits per heavy atom. The maximum atomic E-state index is 12.3. The monoisotopic (exact) mass is 385 g/mol. The molecule has 0 saturated heterocycles. The van der Waals surface area contributed by atoms with E-state index in [1.54, 1.807) is 6.92 Å². The first-order chi connectivity index (χ1) is 12.5. The first kappa shape index (κ1) is 18.4. The predicted octanol–water partition coefficient (Wildman–Crippen LogP) is 4.30. The van der Waals surface area contributed by atoms with Crippen LogP contribution in [0.2, 0.25) is 0 Å². The quantitative estimate of drug-likeness (QED) is 0.663. The lowest BCUT2D eigenvalue weighted by molar-refractivity contribution is -0.115. The highest BCUT2D eigenvalue weighted by molar-refractivity contribution is 8.01. The standard InChI is InChI=1S/C19H19N3O2S2/c1-12-7-9-14(10-8-12)20-17(23)11-25-13(2)18(24)22-19-21-15-5-3-4-6-16(15)26-19/h3-10,13H,11H2,1-2H3,(H,20,23)(H,21,22,24)/t13-/m0/s1. The molecular weight excluding hydrogens is 366 g/mol. The number of nitrogens with one attached hydrogen (secondary N) is 2. The molecule has 0 fully saturated rings. The van der Waals surface area contributed by atoms with E-state index >= 15 is 0 Å². The van der Waals surface area contributed by atoms with Crippen molar-refractivity contribution in [3.8, 4) is 0 Å². The van der Waals surface area contributed by atoms with Crippen molar-refractivity contribution in [3.05, 3.63) is 54.1 Å². The number of amides is 2. The largest absolute Gasteiger partial charge is 0.325 e. The third-order valence-electron chi connectivity index (χ3n) is 3.69. The molecule has 1 atom stereocenters. The molecule has 2 N–H and O–H groups in total. The lowest BCUT2D eigenvalue weighted by Gasteiger charge is -2.10. The van der Waals surface area contributed by atoms with Gasteiger partial charge >= 0.3 is 0 Å². The van der Waals surface area contributed by atoms with E-state index in [2.05, 4.69) is 15.6 Å². The second-order valence-corrected chi connectivity index (χ2v) is 8.20. The van der Waals surface area contributed by atoms with E-state index in [0.717, 1.165) is 21.5 Å². The molecule has 0 spiro atoms. The van der Waals surface area contributed by atoms with Crippen LogP contribution in [0.4, 0.5) is 10.8 Å². The van der Waals surface area contributed by atoms with Gasteiger partial charge in [-0.3, -0.25) is 9.59 Å². The topological polar surface area (TPSA) is 71.1 Å². The molecule has 0 aliphatic rings. The summed E-state index contributed by atoms with van der Waals surface area (Å²) in [6.07, 6.45) is 0. The first-order valence-corrected chi connectivity index (χ1v) is 10.0. The Labute approximate surface area is 160 Å². The molecule has 0 aliphatic carbocycles. The van der Waals surface area contributed by atoms with E-state index in [0.29, 0.717) is 5.13 Å². The summed E-state index contributed by atoms with van der Waals surface area (Å²) in [5.74, 6) is -0.0712. The number of thiazole rings is 1. The van der Waals surface area contributed by atoms with Crippen LogP contribution in [0.1, 0.15) is 12.5 Å². The fourth-order valence-electron chi connectivity index (χ4n) is 2.24. The van der Waals surface area contributed by atoms with Crippen LogP contribution in [0.15, 0.2) is 48.5 Å². The van der Waals surface area contributed by atoms with Gasteiger partial charge in [0.05, 0.1) is 21.2 Å². The summed E-state index contributed by atoms with van der Waals surface area (Å²) in [5.41, 5.74) is 2.76.